The molecule has 2 aromatic heterocycles. The number of aliphatic hydroxyl groups excluding tert-OH is 1. The molecular weight excluding hydrogens is 356 g/mol. The van der Waals surface area contributed by atoms with Crippen molar-refractivity contribution in [3.05, 3.63) is 54.0 Å². The van der Waals surface area contributed by atoms with Crippen molar-refractivity contribution in [3.63, 3.8) is 0 Å². The predicted molar refractivity (Wildman–Crippen MR) is 105 cm³/mol. The third-order valence-corrected chi connectivity index (χ3v) is 5.47. The third-order valence-electron chi connectivity index (χ3n) is 5.47. The van der Waals surface area contributed by atoms with E-state index in [0.717, 1.165) is 5.56 Å². The molecule has 28 heavy (non-hydrogen) atoms. The molecule has 4 N–H and O–H groups in total. The van der Waals surface area contributed by atoms with Gasteiger partial charge in [-0.15, -0.1) is 0 Å². The van der Waals surface area contributed by atoms with E-state index in [-0.39, 0.29) is 12.5 Å². The molecule has 0 amide bonds. The number of aliphatic hydroxyl groups is 2. The van der Waals surface area contributed by atoms with Crippen LogP contribution in [0.5, 0.6) is 0 Å². The van der Waals surface area contributed by atoms with Crippen molar-refractivity contribution in [2.75, 3.05) is 12.3 Å². The van der Waals surface area contributed by atoms with E-state index in [9.17, 15) is 10.2 Å². The normalized spacial score (nSPS) is 26.9. The summed E-state index contributed by atoms with van der Waals surface area (Å²) in [7, 11) is 0. The van der Waals surface area contributed by atoms with Gasteiger partial charge in [-0.2, -0.15) is 0 Å². The lowest BCUT2D eigenvalue weighted by molar-refractivity contribution is -0.0874. The molecule has 1 fully saturated rings. The fourth-order valence-electron chi connectivity index (χ4n) is 3.61. The molecule has 0 bridgehead atoms. The minimum atomic E-state index is -1.21. The number of nitrogens with two attached hydrogens (primary N) is 1. The van der Waals surface area contributed by atoms with E-state index in [1.807, 2.05) is 37.3 Å². The number of benzene rings is 1. The largest absolute Gasteiger partial charge is 0.394 e. The summed E-state index contributed by atoms with van der Waals surface area (Å²) in [6.45, 7) is 3.38. The van der Waals surface area contributed by atoms with Crippen molar-refractivity contribution >= 4 is 16.9 Å². The van der Waals surface area contributed by atoms with Gasteiger partial charge in [-0.05, 0) is 19.1 Å². The van der Waals surface area contributed by atoms with Crippen molar-refractivity contribution in [3.8, 4) is 11.8 Å². The van der Waals surface area contributed by atoms with Gasteiger partial charge >= 0.3 is 0 Å². The number of fused-ring (bicyclic) bond motifs is 1. The van der Waals surface area contributed by atoms with E-state index in [4.69, 9.17) is 10.5 Å². The van der Waals surface area contributed by atoms with Crippen LogP contribution < -0.4 is 5.73 Å². The van der Waals surface area contributed by atoms with Gasteiger partial charge in [0.15, 0.2) is 6.23 Å². The highest BCUT2D eigenvalue weighted by Gasteiger charge is 2.51. The average molecular weight is 378 g/mol. The molecule has 0 aliphatic carbocycles. The topological polar surface area (TPSA) is 106 Å². The fourth-order valence-corrected chi connectivity index (χ4v) is 3.61. The van der Waals surface area contributed by atoms with Crippen LogP contribution in [0.1, 0.15) is 31.2 Å². The smallest absolute Gasteiger partial charge is 0.164 e. The summed E-state index contributed by atoms with van der Waals surface area (Å²) in [6.07, 6.45) is 1.94. The Morgan fingerprint density at radius 3 is 2.68 bits per heavy atom. The standard InChI is InChI=1S/C21H22N4O3/c1-13-16(11-26)28-20(21(13,2)27)25-10-15(9-8-14-6-4-3-5-7-14)17-18(22)23-12-24-19(17)25/h3-7,10,12-13,16,20,26-27H,11H2,1-2H3,(H2,22,23,24)/t13-,16?,20?,21?/m1/s1. The highest BCUT2D eigenvalue weighted by molar-refractivity contribution is 5.92. The number of rotatable bonds is 2. The van der Waals surface area contributed by atoms with Gasteiger partial charge in [0.2, 0.25) is 0 Å². The summed E-state index contributed by atoms with van der Waals surface area (Å²) in [5, 5.41) is 21.3. The second kappa shape index (κ2) is 6.91. The lowest BCUT2D eigenvalue weighted by atomic mass is 9.88. The second-order valence-electron chi connectivity index (χ2n) is 7.25. The molecule has 0 spiro atoms. The lowest BCUT2D eigenvalue weighted by Gasteiger charge is -2.28. The predicted octanol–water partition coefficient (Wildman–Crippen LogP) is 1.69. The zero-order chi connectivity index (χ0) is 19.9. The zero-order valence-electron chi connectivity index (χ0n) is 15.7. The second-order valence-corrected chi connectivity index (χ2v) is 7.25. The molecule has 7 nitrogen and oxygen atoms in total. The van der Waals surface area contributed by atoms with E-state index < -0.39 is 17.9 Å². The maximum Gasteiger partial charge on any atom is 0.164 e. The van der Waals surface area contributed by atoms with Crippen LogP contribution in [0, 0.1) is 17.8 Å². The molecule has 7 heteroatoms. The van der Waals surface area contributed by atoms with Crippen LogP contribution in [0.3, 0.4) is 0 Å². The molecule has 1 saturated heterocycles. The molecule has 3 heterocycles. The molecule has 0 radical (unpaired) electrons. The van der Waals surface area contributed by atoms with Gasteiger partial charge in [-0.3, -0.25) is 0 Å². The maximum absolute atomic E-state index is 11.1. The van der Waals surface area contributed by atoms with Crippen LogP contribution in [-0.2, 0) is 4.74 Å². The third kappa shape index (κ3) is 2.92. The molecule has 0 saturated carbocycles. The summed E-state index contributed by atoms with van der Waals surface area (Å²) in [4.78, 5) is 8.44. The van der Waals surface area contributed by atoms with Crippen LogP contribution >= 0.6 is 0 Å². The molecular formula is C21H22N4O3. The van der Waals surface area contributed by atoms with E-state index >= 15 is 0 Å². The first kappa shape index (κ1) is 18.4. The van der Waals surface area contributed by atoms with Crippen molar-refractivity contribution in [1.29, 1.82) is 0 Å². The van der Waals surface area contributed by atoms with E-state index in [2.05, 4.69) is 21.8 Å². The minimum absolute atomic E-state index is 0.176. The van der Waals surface area contributed by atoms with Gasteiger partial charge in [0.05, 0.1) is 23.7 Å². The average Bonchev–Trinajstić information content (AvgIpc) is 3.17. The maximum atomic E-state index is 11.1. The first-order valence-electron chi connectivity index (χ1n) is 9.10. The Morgan fingerprint density at radius 2 is 2.00 bits per heavy atom. The monoisotopic (exact) mass is 378 g/mol. The number of ether oxygens (including phenoxy) is 1. The number of aromatic nitrogens is 3. The summed E-state index contributed by atoms with van der Waals surface area (Å²) in [5.41, 5.74) is 6.96. The molecule has 144 valence electrons. The Balaban J connectivity index is 1.85. The van der Waals surface area contributed by atoms with Crippen molar-refractivity contribution in [2.45, 2.75) is 31.8 Å². The highest BCUT2D eigenvalue weighted by Crippen LogP contribution is 2.44. The molecule has 3 unspecified atom stereocenters. The first-order chi connectivity index (χ1) is 13.4. The van der Waals surface area contributed by atoms with E-state index in [1.165, 1.54) is 6.33 Å². The molecule has 1 aliphatic heterocycles. The van der Waals surface area contributed by atoms with Crippen molar-refractivity contribution in [1.82, 2.24) is 14.5 Å². The van der Waals surface area contributed by atoms with Crippen LogP contribution in [-0.4, -0.2) is 43.1 Å². The highest BCUT2D eigenvalue weighted by atomic mass is 16.5. The Morgan fingerprint density at radius 1 is 1.25 bits per heavy atom. The zero-order valence-corrected chi connectivity index (χ0v) is 15.7. The molecule has 1 aliphatic rings. The molecule has 1 aromatic carbocycles. The Hall–Kier alpha value is -2.92. The Labute approximate surface area is 162 Å². The summed E-state index contributed by atoms with van der Waals surface area (Å²) < 4.78 is 7.69. The van der Waals surface area contributed by atoms with Gasteiger partial charge in [0, 0.05) is 17.7 Å². The Bertz CT molecular complexity index is 1070. The van der Waals surface area contributed by atoms with Crippen LogP contribution in [0.15, 0.2) is 42.9 Å². The lowest BCUT2D eigenvalue weighted by Crippen LogP contribution is -2.38. The van der Waals surface area contributed by atoms with Crippen LogP contribution in [0.25, 0.3) is 11.0 Å². The summed E-state index contributed by atoms with van der Waals surface area (Å²) in [5.74, 6) is 6.30. The van der Waals surface area contributed by atoms with Crippen molar-refractivity contribution < 1.29 is 14.9 Å². The minimum Gasteiger partial charge on any atom is -0.394 e. The SMILES string of the molecule is C[C@@H]1C(CO)OC(n2cc(C#Cc3ccccc3)c3c(N)ncnc32)C1(C)O. The van der Waals surface area contributed by atoms with Crippen LogP contribution in [0.2, 0.25) is 0 Å². The molecule has 3 aromatic rings. The van der Waals surface area contributed by atoms with E-state index in [0.29, 0.717) is 22.4 Å². The number of hydrogen-bond donors (Lipinski definition) is 3. The van der Waals surface area contributed by atoms with Crippen molar-refractivity contribution in [2.24, 2.45) is 5.92 Å². The van der Waals surface area contributed by atoms with Gasteiger partial charge in [0.25, 0.3) is 0 Å². The number of hydrogen-bond acceptors (Lipinski definition) is 6. The number of nitrogens with zero attached hydrogens (tertiary/aromatic N) is 3. The fraction of sp³-hybridized carbons (Fsp3) is 0.333. The van der Waals surface area contributed by atoms with Crippen LogP contribution in [0.4, 0.5) is 5.82 Å². The van der Waals surface area contributed by atoms with Gasteiger partial charge in [-0.1, -0.05) is 37.0 Å². The van der Waals surface area contributed by atoms with Gasteiger partial charge < -0.3 is 25.3 Å². The molecule has 4 rings (SSSR count). The summed E-state index contributed by atoms with van der Waals surface area (Å²) in [6, 6.07) is 9.62. The quantitative estimate of drug-likeness (QED) is 0.586. The van der Waals surface area contributed by atoms with Gasteiger partial charge in [-0.25, -0.2) is 9.97 Å². The van der Waals surface area contributed by atoms with E-state index in [1.54, 1.807) is 17.7 Å². The number of anilines is 1. The summed E-state index contributed by atoms with van der Waals surface area (Å²) >= 11 is 0. The van der Waals surface area contributed by atoms with Gasteiger partial charge in [0.1, 0.15) is 23.4 Å². The number of nitrogen functional groups attached to an aromatic ring is 1. The Kier molecular flexibility index (Phi) is 4.55. The first-order valence-corrected chi connectivity index (χ1v) is 9.10. The molecule has 4 atom stereocenters.